The number of hydrogen-bond acceptors (Lipinski definition) is 13. The summed E-state index contributed by atoms with van der Waals surface area (Å²) >= 11 is 3.21. The Morgan fingerprint density at radius 3 is 1.56 bits per heavy atom. The molecule has 0 spiro atoms. The fourth-order valence-corrected chi connectivity index (χ4v) is 5.10. The zero-order chi connectivity index (χ0) is 35.6. The van der Waals surface area contributed by atoms with Crippen LogP contribution in [0.3, 0.4) is 0 Å². The number of aryl methyl sites for hydroxylation is 2. The Morgan fingerprint density at radius 2 is 1.18 bits per heavy atom. The molecule has 13 nitrogen and oxygen atoms in total. The minimum Gasteiger partial charge on any atom is -0.487 e. The van der Waals surface area contributed by atoms with Gasteiger partial charge in [-0.1, -0.05) is 31.7 Å². The highest BCUT2D eigenvalue weighted by atomic mass is 32.1. The lowest BCUT2D eigenvalue weighted by Gasteiger charge is -2.19. The molecule has 15 heteroatoms. The van der Waals surface area contributed by atoms with Crippen LogP contribution in [-0.4, -0.2) is 53.5 Å². The van der Waals surface area contributed by atoms with Gasteiger partial charge in [-0.3, -0.25) is 10.2 Å². The summed E-state index contributed by atoms with van der Waals surface area (Å²) in [6.45, 7) is 10.4. The molecule has 0 aliphatic rings. The number of nitrogens with two attached hydrogens (primary N) is 1. The molecule has 4 rings (SSSR count). The minimum absolute atomic E-state index is 0. The maximum absolute atomic E-state index is 11.6. The van der Waals surface area contributed by atoms with E-state index >= 15 is 0 Å². The van der Waals surface area contributed by atoms with E-state index in [1.807, 2.05) is 78.6 Å². The Hall–Kier alpha value is -4.73. The molecule has 2 amide bonds. The van der Waals surface area contributed by atoms with E-state index in [-0.39, 0.29) is 27.2 Å². The summed E-state index contributed by atoms with van der Waals surface area (Å²) in [5, 5.41) is 8.39. The molecule has 0 unspecified atom stereocenters. The van der Waals surface area contributed by atoms with Crippen molar-refractivity contribution in [1.82, 2.24) is 20.7 Å². The van der Waals surface area contributed by atoms with Crippen LogP contribution in [0.15, 0.2) is 59.3 Å². The molecule has 4 N–H and O–H groups in total. The second kappa shape index (κ2) is 21.4. The van der Waals surface area contributed by atoms with Crippen LogP contribution < -0.4 is 26.1 Å². The predicted molar refractivity (Wildman–Crippen MR) is 193 cm³/mol. The van der Waals surface area contributed by atoms with E-state index in [1.165, 1.54) is 0 Å². The highest BCUT2D eigenvalue weighted by molar-refractivity contribution is 7.09. The average Bonchev–Trinajstić information content (AvgIpc) is 3.69. The highest BCUT2D eigenvalue weighted by Gasteiger charge is 2.17. The number of hydrazine groups is 1. The summed E-state index contributed by atoms with van der Waals surface area (Å²) in [4.78, 5) is 42.6. The molecular weight excluding hydrogens is 683 g/mol. The number of carbonyl (C=O) groups excluding carboxylic acids is 3. The Morgan fingerprint density at radius 1 is 0.740 bits per heavy atom. The molecule has 0 atom stereocenters. The first-order chi connectivity index (χ1) is 23.4. The lowest BCUT2D eigenvalue weighted by Crippen LogP contribution is -2.35. The zero-order valence-electron chi connectivity index (χ0n) is 28.3. The predicted octanol–water partition coefficient (Wildman–Crippen LogP) is 6.45. The number of thiazole rings is 2. The molecule has 0 aliphatic carbocycles. The molecular formula is C35H47N5O8S2. The van der Waals surface area contributed by atoms with Gasteiger partial charge in [0.05, 0.1) is 34.6 Å². The van der Waals surface area contributed by atoms with Gasteiger partial charge in [0, 0.05) is 23.6 Å². The van der Waals surface area contributed by atoms with Gasteiger partial charge in [0.2, 0.25) is 0 Å². The van der Waals surface area contributed by atoms with Crippen LogP contribution in [0.5, 0.6) is 11.5 Å². The highest BCUT2D eigenvalue weighted by Crippen LogP contribution is 2.17. The number of benzene rings is 2. The van der Waals surface area contributed by atoms with Crippen molar-refractivity contribution in [2.45, 2.75) is 73.7 Å². The first kappa shape index (κ1) is 41.4. The fourth-order valence-electron chi connectivity index (χ4n) is 3.91. The number of alkyl carbamates (subject to hydrolysis) is 1. The van der Waals surface area contributed by atoms with Crippen molar-refractivity contribution in [3.63, 3.8) is 0 Å². The SMILES string of the molecule is C.Cc1nc(COc2ccc(CCOC(=O)NCC(=O)OC(C)(C)C)cc2)cs1.Cc1nc(COc2ccc(CCOC(=O)NN)cc2)cs1. The summed E-state index contributed by atoms with van der Waals surface area (Å²) in [5.41, 5.74) is 5.23. The number of carbonyl (C=O) groups is 3. The van der Waals surface area contributed by atoms with Gasteiger partial charge in [0.15, 0.2) is 0 Å². The number of hydrogen-bond donors (Lipinski definition) is 3. The minimum atomic E-state index is -0.649. The van der Waals surface area contributed by atoms with Crippen LogP contribution in [0.2, 0.25) is 0 Å². The summed E-state index contributed by atoms with van der Waals surface area (Å²) < 4.78 is 26.3. The van der Waals surface area contributed by atoms with Crippen molar-refractivity contribution in [2.24, 2.45) is 5.84 Å². The molecule has 0 aliphatic heterocycles. The van der Waals surface area contributed by atoms with Crippen LogP contribution in [0.1, 0.15) is 60.7 Å². The van der Waals surface area contributed by atoms with Crippen LogP contribution in [0.25, 0.3) is 0 Å². The zero-order valence-corrected chi connectivity index (χ0v) is 29.9. The van der Waals surface area contributed by atoms with Crippen molar-refractivity contribution >= 4 is 40.8 Å². The molecule has 0 fully saturated rings. The summed E-state index contributed by atoms with van der Waals surface area (Å²) in [6.07, 6.45) is -0.0948. The van der Waals surface area contributed by atoms with Crippen molar-refractivity contribution in [1.29, 1.82) is 0 Å². The quantitative estimate of drug-likeness (QED) is 0.0428. The van der Waals surface area contributed by atoms with Crippen LogP contribution in [0, 0.1) is 13.8 Å². The molecule has 2 aromatic carbocycles. The molecule has 272 valence electrons. The van der Waals surface area contributed by atoms with E-state index < -0.39 is 23.8 Å². The van der Waals surface area contributed by atoms with Crippen molar-refractivity contribution < 1.29 is 38.1 Å². The third-order valence-electron chi connectivity index (χ3n) is 6.12. The van der Waals surface area contributed by atoms with E-state index in [4.69, 9.17) is 29.5 Å². The standard InChI is InChI=1S/C20H26N2O5S.C14H17N3O3S.CH4/c1-14-22-16(13-28-14)12-26-17-7-5-15(6-8-17)9-10-25-19(24)21-11-18(23)27-20(2,3)4;1-10-16-12(9-21-10)8-20-13-4-2-11(3-5-13)6-7-19-14(18)17-15;/h5-8,13H,9-12H2,1-4H3,(H,21,24);2-5,9H,6-8,15H2,1H3,(H,17,18);1H4. The third-order valence-corrected chi connectivity index (χ3v) is 7.76. The molecule has 50 heavy (non-hydrogen) atoms. The van der Waals surface area contributed by atoms with Gasteiger partial charge in [-0.25, -0.2) is 25.4 Å². The summed E-state index contributed by atoms with van der Waals surface area (Å²) in [5.74, 6) is 5.94. The van der Waals surface area contributed by atoms with Gasteiger partial charge in [0.1, 0.15) is 36.9 Å². The van der Waals surface area contributed by atoms with E-state index in [0.29, 0.717) is 26.1 Å². The monoisotopic (exact) mass is 729 g/mol. The first-order valence-corrected chi connectivity index (χ1v) is 17.2. The van der Waals surface area contributed by atoms with Gasteiger partial charge < -0.3 is 29.0 Å². The molecule has 2 aromatic heterocycles. The average molecular weight is 730 g/mol. The lowest BCUT2D eigenvalue weighted by molar-refractivity contribution is -0.153. The first-order valence-electron chi connectivity index (χ1n) is 15.4. The maximum atomic E-state index is 11.6. The normalized spacial score (nSPS) is 10.4. The van der Waals surface area contributed by atoms with Crippen molar-refractivity contribution in [3.8, 4) is 11.5 Å². The van der Waals surface area contributed by atoms with Gasteiger partial charge in [0.25, 0.3) is 0 Å². The number of ether oxygens (including phenoxy) is 5. The van der Waals surface area contributed by atoms with Crippen molar-refractivity contribution in [3.05, 3.63) is 91.8 Å². The van der Waals surface area contributed by atoms with E-state index in [0.717, 1.165) is 44.0 Å². The Kier molecular flexibility index (Phi) is 17.7. The molecule has 2 heterocycles. The van der Waals surface area contributed by atoms with Crippen LogP contribution in [0.4, 0.5) is 9.59 Å². The smallest absolute Gasteiger partial charge is 0.421 e. The largest absolute Gasteiger partial charge is 0.487 e. The molecule has 0 radical (unpaired) electrons. The maximum Gasteiger partial charge on any atom is 0.421 e. The number of nitrogens with zero attached hydrogens (tertiary/aromatic N) is 2. The van der Waals surface area contributed by atoms with E-state index in [2.05, 4.69) is 15.3 Å². The molecule has 4 aromatic rings. The van der Waals surface area contributed by atoms with E-state index in [1.54, 1.807) is 43.4 Å². The third kappa shape index (κ3) is 17.1. The number of amides is 2. The Balaban J connectivity index is 0.000000353. The fraction of sp³-hybridized carbons (Fsp3) is 0.400. The topological polar surface area (TPSA) is 173 Å². The van der Waals surface area contributed by atoms with Gasteiger partial charge >= 0.3 is 18.2 Å². The molecule has 0 bridgehead atoms. The van der Waals surface area contributed by atoms with Gasteiger partial charge in [-0.05, 0) is 70.0 Å². The lowest BCUT2D eigenvalue weighted by atomic mass is 10.1. The summed E-state index contributed by atoms with van der Waals surface area (Å²) in [6, 6.07) is 15.2. The Bertz CT molecular complexity index is 1600. The van der Waals surface area contributed by atoms with Gasteiger partial charge in [-0.2, -0.15) is 0 Å². The van der Waals surface area contributed by atoms with Crippen molar-refractivity contribution in [2.75, 3.05) is 19.8 Å². The molecule has 0 saturated heterocycles. The van der Waals surface area contributed by atoms with Gasteiger partial charge in [-0.15, -0.1) is 22.7 Å². The number of rotatable bonds is 14. The van der Waals surface area contributed by atoms with Crippen LogP contribution in [-0.2, 0) is 45.1 Å². The number of esters is 1. The van der Waals surface area contributed by atoms with Crippen LogP contribution >= 0.6 is 22.7 Å². The van der Waals surface area contributed by atoms with E-state index in [9.17, 15) is 14.4 Å². The summed E-state index contributed by atoms with van der Waals surface area (Å²) in [7, 11) is 0. The Labute approximate surface area is 301 Å². The second-order valence-electron chi connectivity index (χ2n) is 11.4. The second-order valence-corrected chi connectivity index (χ2v) is 13.6. The number of nitrogens with one attached hydrogen (secondary N) is 2. The molecule has 0 saturated carbocycles. The number of aromatic nitrogens is 2.